The van der Waals surface area contributed by atoms with Crippen LogP contribution in [0.2, 0.25) is 0 Å². The van der Waals surface area contributed by atoms with Gasteiger partial charge in [0.15, 0.2) is 4.96 Å². The van der Waals surface area contributed by atoms with Crippen LogP contribution in [0.3, 0.4) is 0 Å². The average Bonchev–Trinajstić information content (AvgIpc) is 2.91. The van der Waals surface area contributed by atoms with E-state index in [1.807, 2.05) is 11.6 Å². The lowest BCUT2D eigenvalue weighted by molar-refractivity contribution is 1.07. The Kier molecular flexibility index (Phi) is 2.80. The van der Waals surface area contributed by atoms with E-state index < -0.39 is 0 Å². The fourth-order valence-corrected chi connectivity index (χ4v) is 2.71. The molecule has 18 heavy (non-hydrogen) atoms. The van der Waals surface area contributed by atoms with Crippen LogP contribution in [0.5, 0.6) is 0 Å². The first-order valence-corrected chi connectivity index (χ1v) is 6.83. The summed E-state index contributed by atoms with van der Waals surface area (Å²) in [7, 11) is 0. The third-order valence-corrected chi connectivity index (χ3v) is 3.98. The van der Waals surface area contributed by atoms with E-state index in [4.69, 9.17) is 0 Å². The van der Waals surface area contributed by atoms with Crippen LogP contribution in [0.4, 0.5) is 5.69 Å². The lowest BCUT2D eigenvalue weighted by atomic mass is 10.1. The number of thiazole rings is 1. The van der Waals surface area contributed by atoms with Crippen LogP contribution in [0, 0.1) is 13.8 Å². The van der Waals surface area contributed by atoms with Gasteiger partial charge in [-0.15, -0.1) is 11.3 Å². The molecule has 3 nitrogen and oxygen atoms in total. The molecule has 0 radical (unpaired) electrons. The Morgan fingerprint density at radius 2 is 2.22 bits per heavy atom. The second-order valence-corrected chi connectivity index (χ2v) is 5.30. The maximum Gasteiger partial charge on any atom is 0.193 e. The van der Waals surface area contributed by atoms with Gasteiger partial charge < -0.3 is 5.32 Å². The Hall–Kier alpha value is -1.81. The van der Waals surface area contributed by atoms with Crippen LogP contribution in [0.1, 0.15) is 16.8 Å². The first kappa shape index (κ1) is 11.3. The van der Waals surface area contributed by atoms with E-state index in [2.05, 4.69) is 52.9 Å². The molecule has 3 rings (SSSR count). The summed E-state index contributed by atoms with van der Waals surface area (Å²) < 4.78 is 2.06. The first-order valence-electron chi connectivity index (χ1n) is 5.95. The van der Waals surface area contributed by atoms with E-state index >= 15 is 0 Å². The Morgan fingerprint density at radius 3 is 3.06 bits per heavy atom. The molecule has 0 bridgehead atoms. The van der Waals surface area contributed by atoms with Gasteiger partial charge in [0.25, 0.3) is 0 Å². The largest absolute Gasteiger partial charge is 0.379 e. The molecular formula is C14H15N3S. The zero-order valence-corrected chi connectivity index (χ0v) is 11.3. The molecule has 4 heteroatoms. The van der Waals surface area contributed by atoms with Crippen LogP contribution in [0.15, 0.2) is 36.0 Å². The number of nitrogens with zero attached hydrogens (tertiary/aromatic N) is 2. The van der Waals surface area contributed by atoms with Crippen molar-refractivity contribution in [3.8, 4) is 0 Å². The number of imidazole rings is 1. The van der Waals surface area contributed by atoms with Gasteiger partial charge >= 0.3 is 0 Å². The number of benzene rings is 1. The van der Waals surface area contributed by atoms with Crippen molar-refractivity contribution in [2.24, 2.45) is 0 Å². The van der Waals surface area contributed by atoms with Gasteiger partial charge in [0.1, 0.15) is 0 Å². The summed E-state index contributed by atoms with van der Waals surface area (Å²) in [5.74, 6) is 0. The topological polar surface area (TPSA) is 29.3 Å². The number of aryl methyl sites for hydroxylation is 1. The van der Waals surface area contributed by atoms with E-state index in [0.29, 0.717) is 0 Å². The molecular weight excluding hydrogens is 242 g/mol. The highest BCUT2D eigenvalue weighted by Crippen LogP contribution is 2.19. The minimum absolute atomic E-state index is 0.763. The second kappa shape index (κ2) is 4.46. The molecule has 0 unspecified atom stereocenters. The predicted octanol–water partition coefficient (Wildman–Crippen LogP) is 3.62. The molecule has 3 aromatic rings. The van der Waals surface area contributed by atoms with Gasteiger partial charge in [0.05, 0.1) is 12.2 Å². The normalized spacial score (nSPS) is 11.0. The Bertz CT molecular complexity index is 653. The van der Waals surface area contributed by atoms with Crippen molar-refractivity contribution in [3.05, 3.63) is 52.8 Å². The molecule has 0 aliphatic rings. The molecule has 0 aliphatic carbocycles. The van der Waals surface area contributed by atoms with Crippen molar-refractivity contribution in [2.45, 2.75) is 20.4 Å². The van der Waals surface area contributed by atoms with Crippen molar-refractivity contribution < 1.29 is 0 Å². The lowest BCUT2D eigenvalue weighted by Crippen LogP contribution is -2.02. The number of anilines is 1. The fourth-order valence-electron chi connectivity index (χ4n) is 1.99. The number of rotatable bonds is 3. The Labute approximate surface area is 110 Å². The van der Waals surface area contributed by atoms with Crippen molar-refractivity contribution in [2.75, 3.05) is 5.32 Å². The number of hydrogen-bond donors (Lipinski definition) is 1. The summed E-state index contributed by atoms with van der Waals surface area (Å²) in [6.07, 6.45) is 4.11. The van der Waals surface area contributed by atoms with E-state index in [0.717, 1.165) is 17.2 Å². The summed E-state index contributed by atoms with van der Waals surface area (Å²) in [6.45, 7) is 5.04. The number of nitrogens with one attached hydrogen (secondary N) is 1. The summed E-state index contributed by atoms with van der Waals surface area (Å²) in [4.78, 5) is 5.61. The van der Waals surface area contributed by atoms with E-state index in [1.54, 1.807) is 11.3 Å². The van der Waals surface area contributed by atoms with Crippen molar-refractivity contribution in [1.82, 2.24) is 9.38 Å². The average molecular weight is 257 g/mol. The quantitative estimate of drug-likeness (QED) is 0.776. The molecule has 0 spiro atoms. The highest BCUT2D eigenvalue weighted by atomic mass is 32.1. The smallest absolute Gasteiger partial charge is 0.193 e. The van der Waals surface area contributed by atoms with E-state index in [9.17, 15) is 0 Å². The number of aromatic nitrogens is 2. The number of fused-ring (bicyclic) bond motifs is 1. The Balaban J connectivity index is 1.78. The molecule has 0 saturated carbocycles. The van der Waals surface area contributed by atoms with Gasteiger partial charge in [-0.2, -0.15) is 0 Å². The molecule has 2 heterocycles. The third-order valence-electron chi connectivity index (χ3n) is 3.21. The SMILES string of the molecule is Cc1cccc(NCc2cn3ccsc3n2)c1C. The molecule has 92 valence electrons. The summed E-state index contributed by atoms with van der Waals surface area (Å²) in [5, 5.41) is 5.50. The van der Waals surface area contributed by atoms with Gasteiger partial charge in [-0.1, -0.05) is 12.1 Å². The van der Waals surface area contributed by atoms with Crippen LogP contribution < -0.4 is 5.32 Å². The Morgan fingerprint density at radius 1 is 1.33 bits per heavy atom. The van der Waals surface area contributed by atoms with Gasteiger partial charge in [-0.3, -0.25) is 4.40 Å². The maximum atomic E-state index is 4.56. The van der Waals surface area contributed by atoms with Gasteiger partial charge in [0, 0.05) is 23.5 Å². The molecule has 0 aliphatic heterocycles. The third kappa shape index (κ3) is 1.99. The van der Waals surface area contributed by atoms with Crippen LogP contribution in [0.25, 0.3) is 4.96 Å². The molecule has 1 aromatic carbocycles. The van der Waals surface area contributed by atoms with Crippen LogP contribution in [-0.4, -0.2) is 9.38 Å². The first-order chi connectivity index (χ1) is 8.74. The van der Waals surface area contributed by atoms with Crippen LogP contribution in [-0.2, 0) is 6.54 Å². The molecule has 1 N–H and O–H groups in total. The minimum Gasteiger partial charge on any atom is -0.379 e. The summed E-state index contributed by atoms with van der Waals surface area (Å²) >= 11 is 1.66. The van der Waals surface area contributed by atoms with Gasteiger partial charge in [-0.25, -0.2) is 4.98 Å². The lowest BCUT2D eigenvalue weighted by Gasteiger charge is -2.09. The molecule has 0 atom stereocenters. The fraction of sp³-hybridized carbons (Fsp3) is 0.214. The standard InChI is InChI=1S/C14H15N3S/c1-10-4-3-5-13(11(10)2)15-8-12-9-17-6-7-18-14(17)16-12/h3-7,9,15H,8H2,1-2H3. The summed E-state index contributed by atoms with van der Waals surface area (Å²) in [6, 6.07) is 6.32. The monoisotopic (exact) mass is 257 g/mol. The molecule has 0 amide bonds. The van der Waals surface area contributed by atoms with Crippen molar-refractivity contribution in [3.63, 3.8) is 0 Å². The summed E-state index contributed by atoms with van der Waals surface area (Å²) in [5.41, 5.74) is 4.87. The number of hydrogen-bond acceptors (Lipinski definition) is 3. The highest BCUT2D eigenvalue weighted by molar-refractivity contribution is 7.15. The van der Waals surface area contributed by atoms with E-state index in [1.165, 1.54) is 16.8 Å². The van der Waals surface area contributed by atoms with Crippen molar-refractivity contribution >= 4 is 22.0 Å². The zero-order chi connectivity index (χ0) is 12.5. The molecule has 0 saturated heterocycles. The van der Waals surface area contributed by atoms with Crippen LogP contribution >= 0.6 is 11.3 Å². The highest BCUT2D eigenvalue weighted by Gasteiger charge is 2.04. The molecule has 2 aromatic heterocycles. The second-order valence-electron chi connectivity index (χ2n) is 4.43. The zero-order valence-electron chi connectivity index (χ0n) is 10.5. The molecule has 0 fully saturated rings. The van der Waals surface area contributed by atoms with Gasteiger partial charge in [0.2, 0.25) is 0 Å². The maximum absolute atomic E-state index is 4.56. The van der Waals surface area contributed by atoms with E-state index in [-0.39, 0.29) is 0 Å². The minimum atomic E-state index is 0.763. The van der Waals surface area contributed by atoms with Gasteiger partial charge in [-0.05, 0) is 31.0 Å². The van der Waals surface area contributed by atoms with Crippen molar-refractivity contribution in [1.29, 1.82) is 0 Å². The predicted molar refractivity (Wildman–Crippen MR) is 76.3 cm³/mol.